The molecule has 1 rings (SSSR count). The lowest BCUT2D eigenvalue weighted by Crippen LogP contribution is -2.20. The van der Waals surface area contributed by atoms with Crippen molar-refractivity contribution in [3.8, 4) is 6.07 Å². The molecule has 0 aliphatic rings. The van der Waals surface area contributed by atoms with Gasteiger partial charge < -0.3 is 0 Å². The molecule has 0 saturated heterocycles. The lowest BCUT2D eigenvalue weighted by Gasteiger charge is -2.15. The minimum absolute atomic E-state index is 0.0432. The van der Waals surface area contributed by atoms with Crippen molar-refractivity contribution in [1.29, 1.82) is 5.26 Å². The number of hydrogen-bond acceptors (Lipinski definition) is 3. The quantitative estimate of drug-likeness (QED) is 0.728. The van der Waals surface area contributed by atoms with Crippen LogP contribution >= 0.6 is 11.3 Å². The lowest BCUT2D eigenvalue weighted by atomic mass is 9.87. The third-order valence-electron chi connectivity index (χ3n) is 3.04. The first-order valence-corrected chi connectivity index (χ1v) is 7.09. The van der Waals surface area contributed by atoms with Gasteiger partial charge in [0.1, 0.15) is 5.92 Å². The molecule has 0 saturated carbocycles. The average molecular weight is 249 g/mol. The second-order valence-electron chi connectivity index (χ2n) is 4.23. The second kappa shape index (κ2) is 7.24. The van der Waals surface area contributed by atoms with Gasteiger partial charge in [-0.2, -0.15) is 5.26 Å². The van der Waals surface area contributed by atoms with E-state index in [1.54, 1.807) is 0 Å². The van der Waals surface area contributed by atoms with Crippen LogP contribution in [0.25, 0.3) is 0 Å². The van der Waals surface area contributed by atoms with Gasteiger partial charge in [-0.1, -0.05) is 32.8 Å². The molecule has 0 radical (unpaired) electrons. The molecule has 0 aliphatic carbocycles. The highest BCUT2D eigenvalue weighted by atomic mass is 32.1. The number of hydrogen-bond donors (Lipinski definition) is 0. The van der Waals surface area contributed by atoms with Gasteiger partial charge in [0.05, 0.1) is 6.07 Å². The summed E-state index contributed by atoms with van der Waals surface area (Å²) >= 11 is 1.49. The third kappa shape index (κ3) is 3.67. The monoisotopic (exact) mass is 249 g/mol. The van der Waals surface area contributed by atoms with E-state index < -0.39 is 5.92 Å². The number of carbonyl (C=O) groups excluding carboxylic acids is 1. The molecule has 92 valence electrons. The van der Waals surface area contributed by atoms with E-state index in [-0.39, 0.29) is 11.7 Å². The zero-order valence-corrected chi connectivity index (χ0v) is 11.3. The number of ketones is 1. The summed E-state index contributed by atoms with van der Waals surface area (Å²) in [5, 5.41) is 11.1. The van der Waals surface area contributed by atoms with Crippen LogP contribution in [0.3, 0.4) is 0 Å². The molecule has 3 heteroatoms. The standard InChI is InChI=1S/C14H19NOS/c1-3-5-7-11(4-2)14(16)12(10-15)13-8-6-9-17-13/h6,8-9,11-12H,3-5,7H2,1-2H3. The van der Waals surface area contributed by atoms with Crippen molar-refractivity contribution in [3.05, 3.63) is 22.4 Å². The maximum Gasteiger partial charge on any atom is 0.158 e. The summed E-state index contributed by atoms with van der Waals surface area (Å²) in [6.45, 7) is 4.15. The fraction of sp³-hybridized carbons (Fsp3) is 0.571. The lowest BCUT2D eigenvalue weighted by molar-refractivity contribution is -0.123. The fourth-order valence-corrected chi connectivity index (χ4v) is 2.73. The Morgan fingerprint density at radius 1 is 1.53 bits per heavy atom. The first-order chi connectivity index (χ1) is 8.24. The highest BCUT2D eigenvalue weighted by Crippen LogP contribution is 2.27. The molecule has 0 aliphatic heterocycles. The number of thiophene rings is 1. The van der Waals surface area contributed by atoms with Crippen LogP contribution in [0.5, 0.6) is 0 Å². The third-order valence-corrected chi connectivity index (χ3v) is 3.98. The van der Waals surface area contributed by atoms with Gasteiger partial charge in [-0.25, -0.2) is 0 Å². The van der Waals surface area contributed by atoms with Gasteiger partial charge >= 0.3 is 0 Å². The number of nitriles is 1. The van der Waals surface area contributed by atoms with Crippen LogP contribution in [0.1, 0.15) is 50.3 Å². The molecule has 0 aromatic carbocycles. The van der Waals surface area contributed by atoms with Crippen molar-refractivity contribution in [3.63, 3.8) is 0 Å². The molecule has 0 amide bonds. The second-order valence-corrected chi connectivity index (χ2v) is 5.21. The van der Waals surface area contributed by atoms with Crippen molar-refractivity contribution in [2.24, 2.45) is 5.92 Å². The van der Waals surface area contributed by atoms with Crippen molar-refractivity contribution >= 4 is 17.1 Å². The van der Waals surface area contributed by atoms with Crippen LogP contribution in [0.2, 0.25) is 0 Å². The maximum absolute atomic E-state index is 12.3. The van der Waals surface area contributed by atoms with Gasteiger partial charge in [0, 0.05) is 10.8 Å². The number of rotatable bonds is 7. The van der Waals surface area contributed by atoms with Crippen LogP contribution in [-0.4, -0.2) is 5.78 Å². The van der Waals surface area contributed by atoms with Gasteiger partial charge in [0.2, 0.25) is 0 Å². The van der Waals surface area contributed by atoms with Crippen LogP contribution in [0.15, 0.2) is 17.5 Å². The Kier molecular flexibility index (Phi) is 5.93. The van der Waals surface area contributed by atoms with E-state index in [1.165, 1.54) is 11.3 Å². The van der Waals surface area contributed by atoms with Gasteiger partial charge in [-0.3, -0.25) is 4.79 Å². The first-order valence-electron chi connectivity index (χ1n) is 6.21. The molecule has 1 heterocycles. The van der Waals surface area contributed by atoms with E-state index in [0.29, 0.717) is 0 Å². The topological polar surface area (TPSA) is 40.9 Å². The fourth-order valence-electron chi connectivity index (χ4n) is 1.96. The normalized spacial score (nSPS) is 13.9. The van der Waals surface area contributed by atoms with Crippen molar-refractivity contribution in [1.82, 2.24) is 0 Å². The Morgan fingerprint density at radius 2 is 2.29 bits per heavy atom. The number of carbonyl (C=O) groups is 1. The zero-order valence-electron chi connectivity index (χ0n) is 10.5. The predicted molar refractivity (Wildman–Crippen MR) is 71.0 cm³/mol. The van der Waals surface area contributed by atoms with E-state index in [2.05, 4.69) is 13.0 Å². The Hall–Kier alpha value is -1.14. The molecule has 0 bridgehead atoms. The van der Waals surface area contributed by atoms with Gasteiger partial charge in [0.15, 0.2) is 5.78 Å². The average Bonchev–Trinajstić information content (AvgIpc) is 2.85. The number of Topliss-reactive ketones (excluding diaryl/α,β-unsaturated/α-hetero) is 1. The smallest absolute Gasteiger partial charge is 0.158 e. The minimum atomic E-state index is -0.559. The molecule has 0 spiro atoms. The van der Waals surface area contributed by atoms with Gasteiger partial charge in [0.25, 0.3) is 0 Å². The molecule has 2 nitrogen and oxygen atoms in total. The predicted octanol–water partition coefficient (Wildman–Crippen LogP) is 4.14. The van der Waals surface area contributed by atoms with E-state index in [9.17, 15) is 10.1 Å². The summed E-state index contributed by atoms with van der Waals surface area (Å²) in [6, 6.07) is 5.93. The highest BCUT2D eigenvalue weighted by Gasteiger charge is 2.27. The Balaban J connectivity index is 2.75. The van der Waals surface area contributed by atoms with Gasteiger partial charge in [-0.05, 0) is 24.3 Å². The van der Waals surface area contributed by atoms with Crippen LogP contribution < -0.4 is 0 Å². The Bertz CT molecular complexity index is 377. The van der Waals surface area contributed by atoms with Crippen molar-refractivity contribution < 1.29 is 4.79 Å². The molecule has 1 aromatic rings. The van der Waals surface area contributed by atoms with E-state index >= 15 is 0 Å². The van der Waals surface area contributed by atoms with Gasteiger partial charge in [-0.15, -0.1) is 11.3 Å². The Morgan fingerprint density at radius 3 is 2.76 bits per heavy atom. The van der Waals surface area contributed by atoms with E-state index in [4.69, 9.17) is 0 Å². The molecular weight excluding hydrogens is 230 g/mol. The Labute approximate surface area is 107 Å². The molecule has 2 unspecified atom stereocenters. The number of nitrogens with zero attached hydrogens (tertiary/aromatic N) is 1. The zero-order chi connectivity index (χ0) is 12.7. The minimum Gasteiger partial charge on any atom is -0.297 e. The summed E-state index contributed by atoms with van der Waals surface area (Å²) in [7, 11) is 0. The highest BCUT2D eigenvalue weighted by molar-refractivity contribution is 7.10. The first kappa shape index (κ1) is 13.9. The molecule has 1 aromatic heterocycles. The van der Waals surface area contributed by atoms with Crippen molar-refractivity contribution in [2.75, 3.05) is 0 Å². The maximum atomic E-state index is 12.3. The SMILES string of the molecule is CCCCC(CC)C(=O)C(C#N)c1cccs1. The molecule has 2 atom stereocenters. The molecule has 0 N–H and O–H groups in total. The van der Waals surface area contributed by atoms with E-state index in [1.807, 2.05) is 24.4 Å². The summed E-state index contributed by atoms with van der Waals surface area (Å²) in [5.74, 6) is -0.413. The molecular formula is C14H19NOS. The largest absolute Gasteiger partial charge is 0.297 e. The summed E-state index contributed by atoms with van der Waals surface area (Å²) in [6.07, 6.45) is 3.91. The summed E-state index contributed by atoms with van der Waals surface area (Å²) in [4.78, 5) is 13.2. The summed E-state index contributed by atoms with van der Waals surface area (Å²) in [5.41, 5.74) is 0. The molecule has 0 fully saturated rings. The van der Waals surface area contributed by atoms with E-state index in [0.717, 1.165) is 30.6 Å². The van der Waals surface area contributed by atoms with Crippen LogP contribution in [0.4, 0.5) is 0 Å². The van der Waals surface area contributed by atoms with Crippen molar-refractivity contribution in [2.45, 2.75) is 45.4 Å². The van der Waals surface area contributed by atoms with Crippen LogP contribution in [-0.2, 0) is 4.79 Å². The summed E-state index contributed by atoms with van der Waals surface area (Å²) < 4.78 is 0. The van der Waals surface area contributed by atoms with Crippen LogP contribution in [0, 0.1) is 17.2 Å². The molecule has 17 heavy (non-hydrogen) atoms. The number of unbranched alkanes of at least 4 members (excludes halogenated alkanes) is 1.